The van der Waals surface area contributed by atoms with E-state index in [0.717, 1.165) is 116 Å². The van der Waals surface area contributed by atoms with E-state index in [1.165, 1.54) is 122 Å². The number of esters is 3. The molecule has 406 valence electrons. The zero-order chi connectivity index (χ0) is 51.4. The lowest BCUT2D eigenvalue weighted by Crippen LogP contribution is -2.30. The predicted octanol–water partition coefficient (Wildman–Crippen LogP) is 20.1. The van der Waals surface area contributed by atoms with Crippen molar-refractivity contribution in [3.8, 4) is 0 Å². The summed E-state index contributed by atoms with van der Waals surface area (Å²) in [5.41, 5.74) is 0. The Kier molecular flexibility index (Phi) is 55.9. The molecule has 0 fully saturated rings. The molecule has 0 aliphatic heterocycles. The molecule has 0 N–H and O–H groups in total. The standard InChI is InChI=1S/C65H110O6/c1-4-7-10-13-15-17-19-21-23-25-27-29-30-31-32-33-34-36-37-39-41-43-45-47-49-52-55-58-64(67)70-61-62(60-69-63(66)57-54-51-12-9-6-3)71-65(68)59-56-53-50-48-46-44-42-40-38-35-28-26-24-22-20-18-16-14-11-8-5-2/h7,10,15,17,20-23,26-29,31-32,34,36,62H,4-6,8-9,11-14,16,18-19,24-25,30,33,35,37-61H2,1-3H3/b10-7-,17-15-,22-20-,23-21-,28-26-,29-27-,32-31-,36-34-. The largest absolute Gasteiger partial charge is 0.462 e. The van der Waals surface area contributed by atoms with Crippen LogP contribution in [0.1, 0.15) is 278 Å². The highest BCUT2D eigenvalue weighted by Gasteiger charge is 2.19. The van der Waals surface area contributed by atoms with Gasteiger partial charge in [0.1, 0.15) is 13.2 Å². The van der Waals surface area contributed by atoms with E-state index in [-0.39, 0.29) is 31.1 Å². The van der Waals surface area contributed by atoms with Gasteiger partial charge in [-0.1, -0.05) is 253 Å². The molecule has 6 nitrogen and oxygen atoms in total. The number of rotatable bonds is 53. The van der Waals surface area contributed by atoms with Gasteiger partial charge in [0.15, 0.2) is 6.10 Å². The van der Waals surface area contributed by atoms with Crippen molar-refractivity contribution in [2.75, 3.05) is 13.2 Å². The molecule has 0 aliphatic carbocycles. The summed E-state index contributed by atoms with van der Waals surface area (Å²) in [5.74, 6) is -0.905. The molecule has 1 unspecified atom stereocenters. The Bertz CT molecular complexity index is 1410. The van der Waals surface area contributed by atoms with Gasteiger partial charge in [-0.2, -0.15) is 0 Å². The zero-order valence-electron chi connectivity index (χ0n) is 46.5. The second-order valence-corrected chi connectivity index (χ2v) is 19.5. The van der Waals surface area contributed by atoms with Gasteiger partial charge >= 0.3 is 17.9 Å². The molecule has 71 heavy (non-hydrogen) atoms. The molecule has 0 aliphatic rings. The van der Waals surface area contributed by atoms with Crippen molar-refractivity contribution in [1.29, 1.82) is 0 Å². The average Bonchev–Trinajstić information content (AvgIpc) is 3.37. The van der Waals surface area contributed by atoms with Crippen LogP contribution in [-0.4, -0.2) is 37.2 Å². The summed E-state index contributed by atoms with van der Waals surface area (Å²) in [5, 5.41) is 0. The second-order valence-electron chi connectivity index (χ2n) is 19.5. The van der Waals surface area contributed by atoms with E-state index in [1.54, 1.807) is 0 Å². The first-order valence-electron chi connectivity index (χ1n) is 29.7. The maximum absolute atomic E-state index is 12.8. The number of allylic oxidation sites excluding steroid dienone is 16. The molecule has 0 aromatic rings. The van der Waals surface area contributed by atoms with E-state index in [4.69, 9.17) is 14.2 Å². The summed E-state index contributed by atoms with van der Waals surface area (Å²) < 4.78 is 16.7. The SMILES string of the molecule is CC/C=C\C/C=C\C/C=C\C/C=C\C/C=C\C/C=C\CCCCCCCCCCC(=O)OCC(COC(=O)CCCCCCC)OC(=O)CCCCCCCCCCC/C=C\C/C=C\CCCCCCC. The zero-order valence-corrected chi connectivity index (χ0v) is 46.5. The highest BCUT2D eigenvalue weighted by molar-refractivity contribution is 5.71. The Morgan fingerprint density at radius 1 is 0.296 bits per heavy atom. The van der Waals surface area contributed by atoms with Crippen LogP contribution in [0.4, 0.5) is 0 Å². The first-order valence-corrected chi connectivity index (χ1v) is 29.7. The van der Waals surface area contributed by atoms with E-state index in [2.05, 4.69) is 118 Å². The number of hydrogen-bond donors (Lipinski definition) is 0. The van der Waals surface area contributed by atoms with Crippen molar-refractivity contribution < 1.29 is 28.6 Å². The van der Waals surface area contributed by atoms with Crippen LogP contribution in [0, 0.1) is 0 Å². The van der Waals surface area contributed by atoms with E-state index >= 15 is 0 Å². The van der Waals surface area contributed by atoms with Crippen LogP contribution in [0.25, 0.3) is 0 Å². The van der Waals surface area contributed by atoms with Crippen molar-refractivity contribution >= 4 is 17.9 Å². The molecule has 0 heterocycles. The Hall–Kier alpha value is -3.67. The van der Waals surface area contributed by atoms with Gasteiger partial charge in [0.05, 0.1) is 0 Å². The fraction of sp³-hybridized carbons (Fsp3) is 0.708. The summed E-state index contributed by atoms with van der Waals surface area (Å²) in [6.45, 7) is 6.43. The predicted molar refractivity (Wildman–Crippen MR) is 307 cm³/mol. The van der Waals surface area contributed by atoms with E-state index in [0.29, 0.717) is 19.3 Å². The van der Waals surface area contributed by atoms with Crippen LogP contribution in [-0.2, 0) is 28.6 Å². The summed E-state index contributed by atoms with van der Waals surface area (Å²) in [4.78, 5) is 37.9. The smallest absolute Gasteiger partial charge is 0.306 e. The molecule has 0 saturated heterocycles. The number of hydrogen-bond acceptors (Lipinski definition) is 6. The normalized spacial score (nSPS) is 12.8. The van der Waals surface area contributed by atoms with Crippen LogP contribution in [0.5, 0.6) is 0 Å². The van der Waals surface area contributed by atoms with Crippen LogP contribution >= 0.6 is 0 Å². The molecule has 0 spiro atoms. The lowest BCUT2D eigenvalue weighted by molar-refractivity contribution is -0.167. The third-order valence-corrected chi connectivity index (χ3v) is 12.6. The molecular weight excluding hydrogens is 877 g/mol. The summed E-state index contributed by atoms with van der Waals surface area (Å²) >= 11 is 0. The average molecular weight is 988 g/mol. The molecule has 0 aromatic carbocycles. The second kappa shape index (κ2) is 58.9. The van der Waals surface area contributed by atoms with Crippen molar-refractivity contribution in [3.05, 3.63) is 97.2 Å². The minimum Gasteiger partial charge on any atom is -0.462 e. The molecular formula is C65H110O6. The Morgan fingerprint density at radius 2 is 0.549 bits per heavy atom. The van der Waals surface area contributed by atoms with Crippen LogP contribution in [0.3, 0.4) is 0 Å². The van der Waals surface area contributed by atoms with E-state index < -0.39 is 6.10 Å². The third kappa shape index (κ3) is 57.1. The van der Waals surface area contributed by atoms with Gasteiger partial charge in [-0.3, -0.25) is 14.4 Å². The number of carbonyl (C=O) groups is 3. The molecule has 0 saturated carbocycles. The van der Waals surface area contributed by atoms with Crippen molar-refractivity contribution in [3.63, 3.8) is 0 Å². The minimum absolute atomic E-state index is 0.0822. The molecule has 0 radical (unpaired) electrons. The Morgan fingerprint density at radius 3 is 0.859 bits per heavy atom. The van der Waals surface area contributed by atoms with Gasteiger partial charge < -0.3 is 14.2 Å². The Balaban J connectivity index is 4.12. The van der Waals surface area contributed by atoms with Crippen LogP contribution < -0.4 is 0 Å². The van der Waals surface area contributed by atoms with Crippen molar-refractivity contribution in [2.45, 2.75) is 284 Å². The van der Waals surface area contributed by atoms with Gasteiger partial charge in [0.25, 0.3) is 0 Å². The van der Waals surface area contributed by atoms with Gasteiger partial charge in [-0.15, -0.1) is 0 Å². The van der Waals surface area contributed by atoms with Gasteiger partial charge in [0, 0.05) is 19.3 Å². The highest BCUT2D eigenvalue weighted by atomic mass is 16.6. The molecule has 0 bridgehead atoms. The Labute approximate surface area is 438 Å². The molecule has 0 rings (SSSR count). The minimum atomic E-state index is -0.780. The summed E-state index contributed by atoms with van der Waals surface area (Å²) in [6, 6.07) is 0. The van der Waals surface area contributed by atoms with Gasteiger partial charge in [0.2, 0.25) is 0 Å². The fourth-order valence-electron chi connectivity index (χ4n) is 8.12. The van der Waals surface area contributed by atoms with Crippen molar-refractivity contribution in [1.82, 2.24) is 0 Å². The monoisotopic (exact) mass is 987 g/mol. The molecule has 6 heteroatoms. The first-order chi connectivity index (χ1) is 35.0. The van der Waals surface area contributed by atoms with Crippen molar-refractivity contribution in [2.24, 2.45) is 0 Å². The third-order valence-electron chi connectivity index (χ3n) is 12.6. The molecule has 1 atom stereocenters. The number of carbonyl (C=O) groups excluding carboxylic acids is 3. The maximum atomic E-state index is 12.8. The van der Waals surface area contributed by atoms with Gasteiger partial charge in [-0.05, 0) is 103 Å². The number of ether oxygens (including phenoxy) is 3. The topological polar surface area (TPSA) is 78.9 Å². The number of unbranched alkanes of at least 4 members (excludes halogenated alkanes) is 26. The quantitative estimate of drug-likeness (QED) is 0.0261. The van der Waals surface area contributed by atoms with Gasteiger partial charge in [-0.25, -0.2) is 0 Å². The maximum Gasteiger partial charge on any atom is 0.306 e. The van der Waals surface area contributed by atoms with E-state index in [1.807, 2.05) is 0 Å². The lowest BCUT2D eigenvalue weighted by Gasteiger charge is -2.18. The van der Waals surface area contributed by atoms with E-state index in [9.17, 15) is 14.4 Å². The molecule has 0 amide bonds. The fourth-order valence-corrected chi connectivity index (χ4v) is 8.12. The summed E-state index contributed by atoms with van der Waals surface area (Å²) in [6.07, 6.45) is 78.7. The summed E-state index contributed by atoms with van der Waals surface area (Å²) in [7, 11) is 0. The van der Waals surface area contributed by atoms with Crippen LogP contribution in [0.2, 0.25) is 0 Å². The van der Waals surface area contributed by atoms with Crippen LogP contribution in [0.15, 0.2) is 97.2 Å². The lowest BCUT2D eigenvalue weighted by atomic mass is 10.1. The molecule has 0 aromatic heterocycles. The highest BCUT2D eigenvalue weighted by Crippen LogP contribution is 2.15. The first kappa shape index (κ1) is 67.3.